The predicted octanol–water partition coefficient (Wildman–Crippen LogP) is 7.80. The van der Waals surface area contributed by atoms with Gasteiger partial charge in [-0.3, -0.25) is 19.1 Å². The molecule has 40 heavy (non-hydrogen) atoms. The van der Waals surface area contributed by atoms with Crippen molar-refractivity contribution in [3.05, 3.63) is 31.9 Å². The summed E-state index contributed by atoms with van der Waals surface area (Å²) < 4.78 is 2.36. The Morgan fingerprint density at radius 1 is 1.00 bits per heavy atom. The summed E-state index contributed by atoms with van der Waals surface area (Å²) in [6, 6.07) is 2.15. The molecular weight excluding hydrogens is 537 g/mol. The number of anilines is 1. The molecule has 2 aliphatic rings. The highest BCUT2D eigenvalue weighted by molar-refractivity contribution is 8.26. The summed E-state index contributed by atoms with van der Waals surface area (Å²) in [4.78, 5) is 31.5. The molecule has 1 unspecified atom stereocenters. The number of nitrogens with zero attached hydrogens (tertiary/aromatic N) is 4. The molecule has 0 bridgehead atoms. The van der Waals surface area contributed by atoms with E-state index in [4.69, 9.17) is 12.2 Å². The van der Waals surface area contributed by atoms with Gasteiger partial charge in [-0.15, -0.1) is 0 Å². The molecule has 1 atom stereocenters. The molecular formula is C32H48N4O2S2. The summed E-state index contributed by atoms with van der Waals surface area (Å²) in [5, 5.41) is 9.88. The van der Waals surface area contributed by atoms with Crippen LogP contribution in [0.1, 0.15) is 121 Å². The van der Waals surface area contributed by atoms with E-state index in [1.54, 1.807) is 9.47 Å². The molecule has 1 aromatic rings. The van der Waals surface area contributed by atoms with Crippen LogP contribution in [-0.4, -0.2) is 39.3 Å². The van der Waals surface area contributed by atoms with Crippen LogP contribution in [0.15, 0.2) is 9.70 Å². The van der Waals surface area contributed by atoms with Crippen LogP contribution in [0.5, 0.6) is 0 Å². The lowest BCUT2D eigenvalue weighted by Crippen LogP contribution is -2.40. The molecule has 1 aromatic heterocycles. The maximum Gasteiger partial charge on any atom is 0.270 e. The van der Waals surface area contributed by atoms with E-state index in [0.717, 1.165) is 56.6 Å². The number of pyridine rings is 1. The lowest BCUT2D eigenvalue weighted by molar-refractivity contribution is -0.122. The van der Waals surface area contributed by atoms with Crippen molar-refractivity contribution in [3.8, 4) is 6.07 Å². The van der Waals surface area contributed by atoms with Gasteiger partial charge in [-0.1, -0.05) is 103 Å². The molecule has 0 N–H and O–H groups in total. The third-order valence-corrected chi connectivity index (χ3v) is 9.51. The van der Waals surface area contributed by atoms with Crippen molar-refractivity contribution in [2.24, 2.45) is 5.92 Å². The number of thiocarbonyl (C=S) groups is 1. The van der Waals surface area contributed by atoms with Crippen LogP contribution in [0.3, 0.4) is 0 Å². The summed E-state index contributed by atoms with van der Waals surface area (Å²) >= 11 is 6.97. The Hall–Kier alpha value is -2.11. The molecule has 2 saturated heterocycles. The number of nitriles is 1. The number of thioether (sulfide) groups is 1. The van der Waals surface area contributed by atoms with E-state index in [1.807, 2.05) is 19.9 Å². The average Bonchev–Trinajstić information content (AvgIpc) is 3.20. The fourth-order valence-electron chi connectivity index (χ4n) is 5.88. The minimum absolute atomic E-state index is 0.0602. The molecule has 1 amide bonds. The van der Waals surface area contributed by atoms with Crippen LogP contribution in [-0.2, 0) is 11.3 Å². The van der Waals surface area contributed by atoms with Gasteiger partial charge >= 0.3 is 0 Å². The first-order chi connectivity index (χ1) is 19.3. The number of piperidine rings is 1. The standard InChI is InChI=1S/C32H48N4O2S2/c1-5-7-8-9-10-11-12-13-14-15-20-36-31(38)28(40-32(36)39)21-26-25(4)27(22-33)30(37)35(18-6-2)29(26)34-19-16-17-24(3)23-34/h21,24H,5-20,23H2,1-4H3. The first kappa shape index (κ1) is 32.4. The van der Waals surface area contributed by atoms with Gasteiger partial charge in [0.1, 0.15) is 21.8 Å². The monoisotopic (exact) mass is 584 g/mol. The van der Waals surface area contributed by atoms with Crippen molar-refractivity contribution >= 4 is 46.1 Å². The predicted molar refractivity (Wildman–Crippen MR) is 173 cm³/mol. The van der Waals surface area contributed by atoms with Crippen LogP contribution >= 0.6 is 24.0 Å². The molecule has 0 radical (unpaired) electrons. The molecule has 0 saturated carbocycles. The highest BCUT2D eigenvalue weighted by Gasteiger charge is 2.33. The van der Waals surface area contributed by atoms with Crippen molar-refractivity contribution in [1.29, 1.82) is 5.26 Å². The van der Waals surface area contributed by atoms with Gasteiger partial charge in [-0.05, 0) is 50.2 Å². The molecule has 0 spiro atoms. The molecule has 6 nitrogen and oxygen atoms in total. The van der Waals surface area contributed by atoms with E-state index < -0.39 is 0 Å². The van der Waals surface area contributed by atoms with Gasteiger partial charge in [-0.2, -0.15) is 5.26 Å². The Bertz CT molecular complexity index is 1170. The Labute approximate surface area is 251 Å². The van der Waals surface area contributed by atoms with Crippen LogP contribution in [0.25, 0.3) is 6.08 Å². The number of aromatic nitrogens is 1. The smallest absolute Gasteiger partial charge is 0.270 e. The number of hydrogen-bond donors (Lipinski definition) is 0. The number of amides is 1. The van der Waals surface area contributed by atoms with Crippen molar-refractivity contribution in [2.45, 2.75) is 118 Å². The highest BCUT2D eigenvalue weighted by atomic mass is 32.2. The summed E-state index contributed by atoms with van der Waals surface area (Å²) in [6.07, 6.45) is 17.4. The van der Waals surface area contributed by atoms with Gasteiger partial charge in [0.25, 0.3) is 11.5 Å². The largest absolute Gasteiger partial charge is 0.357 e. The molecule has 0 aliphatic carbocycles. The van der Waals surface area contributed by atoms with Crippen molar-refractivity contribution in [2.75, 3.05) is 24.5 Å². The Morgan fingerprint density at radius 3 is 2.25 bits per heavy atom. The SMILES string of the molecule is CCCCCCCCCCCCN1C(=O)C(=Cc2c(C)c(C#N)c(=O)n(CCC)c2N2CCCC(C)C2)SC1=S. The highest BCUT2D eigenvalue weighted by Crippen LogP contribution is 2.37. The minimum atomic E-state index is -0.235. The van der Waals surface area contributed by atoms with Crippen LogP contribution < -0.4 is 10.5 Å². The average molecular weight is 585 g/mol. The van der Waals surface area contributed by atoms with E-state index in [0.29, 0.717) is 33.8 Å². The maximum absolute atomic E-state index is 13.5. The zero-order valence-corrected chi connectivity index (χ0v) is 26.7. The summed E-state index contributed by atoms with van der Waals surface area (Å²) in [5.74, 6) is 1.30. The van der Waals surface area contributed by atoms with Gasteiger partial charge in [0.05, 0.1) is 4.91 Å². The minimum Gasteiger partial charge on any atom is -0.357 e. The second-order valence-electron chi connectivity index (χ2n) is 11.5. The van der Waals surface area contributed by atoms with E-state index in [9.17, 15) is 14.9 Å². The Morgan fingerprint density at radius 2 is 1.65 bits per heavy atom. The summed E-state index contributed by atoms with van der Waals surface area (Å²) in [6.45, 7) is 11.3. The lowest BCUT2D eigenvalue weighted by Gasteiger charge is -2.36. The molecule has 220 valence electrons. The van der Waals surface area contributed by atoms with Gasteiger partial charge in [-0.25, -0.2) is 0 Å². The summed E-state index contributed by atoms with van der Waals surface area (Å²) in [5.41, 5.74) is 1.38. The van der Waals surface area contributed by atoms with Crippen LogP contribution in [0.2, 0.25) is 0 Å². The normalized spacial score (nSPS) is 18.7. The van der Waals surface area contributed by atoms with E-state index in [-0.39, 0.29) is 17.0 Å². The number of unbranched alkanes of at least 4 members (excludes halogenated alkanes) is 9. The topological polar surface area (TPSA) is 69.3 Å². The van der Waals surface area contributed by atoms with Gasteiger partial charge < -0.3 is 4.90 Å². The Kier molecular flexibility index (Phi) is 13.3. The molecule has 3 rings (SSSR count). The molecule has 8 heteroatoms. The third kappa shape index (κ3) is 8.22. The summed E-state index contributed by atoms with van der Waals surface area (Å²) in [7, 11) is 0. The quantitative estimate of drug-likeness (QED) is 0.119. The fraction of sp³-hybridized carbons (Fsp3) is 0.688. The first-order valence-electron chi connectivity index (χ1n) is 15.5. The van der Waals surface area contributed by atoms with E-state index >= 15 is 0 Å². The van der Waals surface area contributed by atoms with Crippen molar-refractivity contribution in [1.82, 2.24) is 9.47 Å². The van der Waals surface area contributed by atoms with Gasteiger partial charge in [0, 0.05) is 31.7 Å². The number of hydrogen-bond acceptors (Lipinski definition) is 6. The molecule has 0 aromatic carbocycles. The Balaban J connectivity index is 1.77. The van der Waals surface area contributed by atoms with Crippen LogP contribution in [0.4, 0.5) is 5.82 Å². The van der Waals surface area contributed by atoms with E-state index in [2.05, 4.69) is 24.8 Å². The maximum atomic E-state index is 13.5. The second-order valence-corrected chi connectivity index (χ2v) is 13.2. The molecule has 2 aliphatic heterocycles. The number of rotatable bonds is 15. The zero-order chi connectivity index (χ0) is 29.1. The van der Waals surface area contributed by atoms with E-state index in [1.165, 1.54) is 63.1 Å². The van der Waals surface area contributed by atoms with Gasteiger partial charge in [0.15, 0.2) is 0 Å². The second kappa shape index (κ2) is 16.4. The van der Waals surface area contributed by atoms with Crippen molar-refractivity contribution < 1.29 is 4.79 Å². The lowest BCUT2D eigenvalue weighted by atomic mass is 9.98. The third-order valence-electron chi connectivity index (χ3n) is 8.13. The molecule has 3 heterocycles. The van der Waals surface area contributed by atoms with Crippen LogP contribution in [0, 0.1) is 24.2 Å². The van der Waals surface area contributed by atoms with Crippen molar-refractivity contribution in [3.63, 3.8) is 0 Å². The number of carbonyl (C=O) groups excluding carboxylic acids is 1. The zero-order valence-electron chi connectivity index (χ0n) is 25.1. The van der Waals surface area contributed by atoms with Gasteiger partial charge in [0.2, 0.25) is 0 Å². The number of carbonyl (C=O) groups is 1. The first-order valence-corrected chi connectivity index (χ1v) is 16.7. The fourth-order valence-corrected chi connectivity index (χ4v) is 7.17. The molecule has 2 fully saturated rings.